The van der Waals surface area contributed by atoms with Crippen molar-refractivity contribution in [2.24, 2.45) is 5.73 Å². The maximum Gasteiger partial charge on any atom is 0.325 e. The Morgan fingerprint density at radius 3 is 2.64 bits per heavy atom. The molecule has 0 aliphatic heterocycles. The number of esters is 1. The molecule has 5 nitrogen and oxygen atoms in total. The fourth-order valence-corrected chi connectivity index (χ4v) is 0.802. The van der Waals surface area contributed by atoms with Gasteiger partial charge in [0.1, 0.15) is 12.6 Å². The van der Waals surface area contributed by atoms with Gasteiger partial charge in [-0.1, -0.05) is 6.92 Å². The van der Waals surface area contributed by atoms with Crippen molar-refractivity contribution in [2.45, 2.75) is 19.4 Å². The first kappa shape index (κ1) is 13.4. The maximum absolute atomic E-state index is 11.1. The summed E-state index contributed by atoms with van der Waals surface area (Å²) < 4.78 is 14.7. The molecule has 0 heterocycles. The van der Waals surface area contributed by atoms with E-state index in [2.05, 4.69) is 0 Å². The minimum Gasteiger partial charge on any atom is -0.462 e. The van der Waals surface area contributed by atoms with Gasteiger partial charge >= 0.3 is 5.97 Å². The van der Waals surface area contributed by atoms with Gasteiger partial charge in [0, 0.05) is 13.7 Å². The molecular weight excluding hydrogens is 186 g/mol. The van der Waals surface area contributed by atoms with Gasteiger partial charge in [-0.15, -0.1) is 0 Å². The van der Waals surface area contributed by atoms with Crippen LogP contribution < -0.4 is 5.73 Å². The quantitative estimate of drug-likeness (QED) is 0.443. The molecule has 0 saturated carbocycles. The highest BCUT2D eigenvalue weighted by Crippen LogP contribution is 1.88. The van der Waals surface area contributed by atoms with Crippen LogP contribution in [0.3, 0.4) is 0 Å². The number of carbonyl (C=O) groups is 1. The first-order valence-corrected chi connectivity index (χ1v) is 4.71. The minimum atomic E-state index is -0.703. The van der Waals surface area contributed by atoms with Gasteiger partial charge < -0.3 is 19.9 Å². The zero-order valence-corrected chi connectivity index (χ0v) is 8.82. The Labute approximate surface area is 84.5 Å². The van der Waals surface area contributed by atoms with E-state index in [9.17, 15) is 4.79 Å². The standard InChI is InChI=1S/C9H19NO4/c1-3-4-13-5-6-14-9(11)8(10)7-12-2/h8H,3-7,10H2,1-2H3. The van der Waals surface area contributed by atoms with Crippen LogP contribution in [0.4, 0.5) is 0 Å². The van der Waals surface area contributed by atoms with Crippen molar-refractivity contribution in [3.05, 3.63) is 0 Å². The molecule has 1 atom stereocenters. The molecule has 0 bridgehead atoms. The van der Waals surface area contributed by atoms with Gasteiger partial charge in [0.05, 0.1) is 13.2 Å². The Balaban J connectivity index is 3.34. The molecule has 0 fully saturated rings. The highest BCUT2D eigenvalue weighted by atomic mass is 16.6. The molecular formula is C9H19NO4. The first-order chi connectivity index (χ1) is 6.72. The summed E-state index contributed by atoms with van der Waals surface area (Å²) in [6, 6.07) is -0.703. The van der Waals surface area contributed by atoms with Gasteiger partial charge in [-0.3, -0.25) is 4.79 Å². The molecule has 2 N–H and O–H groups in total. The molecule has 84 valence electrons. The lowest BCUT2D eigenvalue weighted by Crippen LogP contribution is -2.36. The molecule has 0 aromatic rings. The average Bonchev–Trinajstić information content (AvgIpc) is 2.17. The Morgan fingerprint density at radius 1 is 1.36 bits per heavy atom. The minimum absolute atomic E-state index is 0.175. The summed E-state index contributed by atoms with van der Waals surface area (Å²) in [4.78, 5) is 11.1. The van der Waals surface area contributed by atoms with Crippen molar-refractivity contribution in [1.29, 1.82) is 0 Å². The van der Waals surface area contributed by atoms with Gasteiger partial charge in [-0.2, -0.15) is 0 Å². The Morgan fingerprint density at radius 2 is 2.07 bits per heavy atom. The zero-order chi connectivity index (χ0) is 10.8. The zero-order valence-electron chi connectivity index (χ0n) is 8.82. The van der Waals surface area contributed by atoms with Crippen molar-refractivity contribution < 1.29 is 19.0 Å². The van der Waals surface area contributed by atoms with E-state index in [1.54, 1.807) is 0 Å². The predicted octanol–water partition coefficient (Wildman–Crippen LogP) is -0.0701. The SMILES string of the molecule is CCCOCCOC(=O)C(N)COC. The van der Waals surface area contributed by atoms with Gasteiger partial charge in [-0.05, 0) is 6.42 Å². The summed E-state index contributed by atoms with van der Waals surface area (Å²) in [6.07, 6.45) is 0.955. The summed E-state index contributed by atoms with van der Waals surface area (Å²) in [7, 11) is 1.48. The molecule has 0 aliphatic rings. The van der Waals surface area contributed by atoms with E-state index >= 15 is 0 Å². The Bertz CT molecular complexity index is 152. The summed E-state index contributed by atoms with van der Waals surface area (Å²) in [5, 5.41) is 0. The van der Waals surface area contributed by atoms with Crippen LogP contribution in [-0.2, 0) is 19.0 Å². The van der Waals surface area contributed by atoms with E-state index in [4.69, 9.17) is 19.9 Å². The van der Waals surface area contributed by atoms with Gasteiger partial charge in [0.15, 0.2) is 0 Å². The fraction of sp³-hybridized carbons (Fsp3) is 0.889. The van der Waals surface area contributed by atoms with Gasteiger partial charge in [0.25, 0.3) is 0 Å². The predicted molar refractivity (Wildman–Crippen MR) is 51.9 cm³/mol. The summed E-state index contributed by atoms with van der Waals surface area (Å²) in [5.41, 5.74) is 5.43. The number of hydrogen-bond donors (Lipinski definition) is 1. The average molecular weight is 205 g/mol. The van der Waals surface area contributed by atoms with Crippen molar-refractivity contribution >= 4 is 5.97 Å². The van der Waals surface area contributed by atoms with Crippen molar-refractivity contribution in [3.8, 4) is 0 Å². The van der Waals surface area contributed by atoms with Crippen molar-refractivity contribution in [1.82, 2.24) is 0 Å². The molecule has 0 saturated heterocycles. The maximum atomic E-state index is 11.1. The van der Waals surface area contributed by atoms with Gasteiger partial charge in [0.2, 0.25) is 0 Å². The molecule has 1 unspecified atom stereocenters. The van der Waals surface area contributed by atoms with Crippen LogP contribution in [-0.4, -0.2) is 45.5 Å². The Kier molecular flexibility index (Phi) is 8.51. The summed E-state index contributed by atoms with van der Waals surface area (Å²) in [6.45, 7) is 3.53. The second kappa shape index (κ2) is 8.93. The molecule has 0 spiro atoms. The first-order valence-electron chi connectivity index (χ1n) is 4.71. The van der Waals surface area contributed by atoms with E-state index < -0.39 is 12.0 Å². The van der Waals surface area contributed by atoms with E-state index in [1.807, 2.05) is 6.92 Å². The molecule has 0 rings (SSSR count). The molecule has 0 aromatic heterocycles. The van der Waals surface area contributed by atoms with Crippen LogP contribution in [0.25, 0.3) is 0 Å². The molecule has 0 aromatic carbocycles. The number of carbonyl (C=O) groups excluding carboxylic acids is 1. The van der Waals surface area contributed by atoms with Crippen LogP contribution in [0.15, 0.2) is 0 Å². The molecule has 0 amide bonds. The van der Waals surface area contributed by atoms with Crippen LogP contribution in [0, 0.1) is 0 Å². The number of rotatable bonds is 8. The molecule has 0 radical (unpaired) electrons. The lowest BCUT2D eigenvalue weighted by molar-refractivity contribution is -0.148. The van der Waals surface area contributed by atoms with E-state index in [0.29, 0.717) is 13.2 Å². The normalized spacial score (nSPS) is 12.5. The van der Waals surface area contributed by atoms with E-state index in [1.165, 1.54) is 7.11 Å². The van der Waals surface area contributed by atoms with Crippen LogP contribution >= 0.6 is 0 Å². The number of nitrogens with two attached hydrogens (primary N) is 1. The largest absolute Gasteiger partial charge is 0.462 e. The van der Waals surface area contributed by atoms with Crippen molar-refractivity contribution in [2.75, 3.05) is 33.5 Å². The third-order valence-electron chi connectivity index (χ3n) is 1.47. The monoisotopic (exact) mass is 205 g/mol. The topological polar surface area (TPSA) is 70.8 Å². The van der Waals surface area contributed by atoms with E-state index in [-0.39, 0.29) is 13.2 Å². The Hall–Kier alpha value is -0.650. The van der Waals surface area contributed by atoms with Crippen LogP contribution in [0.1, 0.15) is 13.3 Å². The van der Waals surface area contributed by atoms with Crippen LogP contribution in [0.2, 0.25) is 0 Å². The summed E-state index contributed by atoms with van der Waals surface area (Å²) >= 11 is 0. The number of methoxy groups -OCH3 is 1. The molecule has 14 heavy (non-hydrogen) atoms. The van der Waals surface area contributed by atoms with E-state index in [0.717, 1.165) is 6.42 Å². The number of ether oxygens (including phenoxy) is 3. The van der Waals surface area contributed by atoms with Crippen LogP contribution in [0.5, 0.6) is 0 Å². The lowest BCUT2D eigenvalue weighted by Gasteiger charge is -2.10. The van der Waals surface area contributed by atoms with Crippen molar-refractivity contribution in [3.63, 3.8) is 0 Å². The summed E-state index contributed by atoms with van der Waals surface area (Å²) in [5.74, 6) is -0.452. The third kappa shape index (κ3) is 6.82. The second-order valence-electron chi connectivity index (χ2n) is 2.84. The highest BCUT2D eigenvalue weighted by Gasteiger charge is 2.13. The highest BCUT2D eigenvalue weighted by molar-refractivity contribution is 5.75. The lowest BCUT2D eigenvalue weighted by atomic mass is 10.3. The smallest absolute Gasteiger partial charge is 0.325 e. The van der Waals surface area contributed by atoms with Gasteiger partial charge in [-0.25, -0.2) is 0 Å². The third-order valence-corrected chi connectivity index (χ3v) is 1.47. The molecule has 5 heteroatoms. The number of hydrogen-bond acceptors (Lipinski definition) is 5. The molecule has 0 aliphatic carbocycles. The second-order valence-corrected chi connectivity index (χ2v) is 2.84. The fourth-order valence-electron chi connectivity index (χ4n) is 0.802.